The van der Waals surface area contributed by atoms with Crippen LogP contribution in [0.4, 0.5) is 0 Å². The maximum Gasteiger partial charge on any atom is 0.328 e. The Morgan fingerprint density at radius 2 is 1.06 bits per heavy atom. The molecule has 1 N–H and O–H groups in total. The lowest BCUT2D eigenvalue weighted by atomic mass is 10.1. The number of aliphatic carboxylic acids is 1. The Bertz CT molecular complexity index is 479. The number of hydrogen-bond donors (Lipinski definition) is 1. The van der Waals surface area contributed by atoms with Gasteiger partial charge in [-0.25, -0.2) is 9.78 Å². The molecule has 0 unspecified atom stereocenters. The standard InChI is InChI=1S/C26H50O8/c1-4-21-26(30-2,31-3)34-25(29)20-16-12-8-6-10-14-18-23-33-32-22-17-13-9-5-7-11-15-19-24(27)28/h4-23H2,1-3H3,(H,27,28). The van der Waals surface area contributed by atoms with Gasteiger partial charge in [-0.2, -0.15) is 0 Å². The molecule has 0 rings (SSSR count). The number of carboxylic acid groups (broad SMARTS) is 1. The fourth-order valence-electron chi connectivity index (χ4n) is 3.71. The molecule has 0 radical (unpaired) electrons. The molecule has 0 aromatic rings. The van der Waals surface area contributed by atoms with Crippen molar-refractivity contribution in [1.82, 2.24) is 0 Å². The van der Waals surface area contributed by atoms with Gasteiger partial charge in [0.25, 0.3) is 0 Å². The molecule has 0 aliphatic heterocycles. The van der Waals surface area contributed by atoms with Gasteiger partial charge < -0.3 is 19.3 Å². The molecular weight excluding hydrogens is 440 g/mol. The molecule has 0 aliphatic rings. The van der Waals surface area contributed by atoms with E-state index in [1.54, 1.807) is 0 Å². The van der Waals surface area contributed by atoms with Crippen LogP contribution >= 0.6 is 0 Å². The summed E-state index contributed by atoms with van der Waals surface area (Å²) in [4.78, 5) is 32.9. The van der Waals surface area contributed by atoms with Crippen molar-refractivity contribution in [3.63, 3.8) is 0 Å². The maximum atomic E-state index is 12.0. The lowest BCUT2D eigenvalue weighted by Crippen LogP contribution is -2.39. The normalized spacial score (nSPS) is 11.6. The molecule has 8 nitrogen and oxygen atoms in total. The smallest absolute Gasteiger partial charge is 0.328 e. The summed E-state index contributed by atoms with van der Waals surface area (Å²) >= 11 is 0. The van der Waals surface area contributed by atoms with E-state index in [9.17, 15) is 9.59 Å². The van der Waals surface area contributed by atoms with Gasteiger partial charge in [0.2, 0.25) is 0 Å². The summed E-state index contributed by atoms with van der Waals surface area (Å²) in [6, 6.07) is 0. The molecule has 0 atom stereocenters. The molecule has 8 heteroatoms. The van der Waals surface area contributed by atoms with Crippen molar-refractivity contribution < 1.29 is 38.7 Å². The van der Waals surface area contributed by atoms with Gasteiger partial charge in [0, 0.05) is 33.5 Å². The summed E-state index contributed by atoms with van der Waals surface area (Å²) in [6.07, 6.45) is 16.7. The van der Waals surface area contributed by atoms with E-state index in [4.69, 9.17) is 29.1 Å². The Balaban J connectivity index is 3.34. The molecule has 0 fully saturated rings. The van der Waals surface area contributed by atoms with Crippen molar-refractivity contribution in [3.05, 3.63) is 0 Å². The van der Waals surface area contributed by atoms with Crippen LogP contribution in [0.25, 0.3) is 0 Å². The van der Waals surface area contributed by atoms with Crippen molar-refractivity contribution >= 4 is 11.9 Å². The van der Waals surface area contributed by atoms with Crippen molar-refractivity contribution in [1.29, 1.82) is 0 Å². The predicted octanol–water partition coefficient (Wildman–Crippen LogP) is 6.55. The zero-order valence-corrected chi connectivity index (χ0v) is 21.9. The van der Waals surface area contributed by atoms with Crippen LogP contribution in [-0.4, -0.2) is 50.5 Å². The Kier molecular flexibility index (Phi) is 22.7. The molecule has 0 saturated carbocycles. The molecule has 0 aromatic heterocycles. The van der Waals surface area contributed by atoms with E-state index in [0.717, 1.165) is 96.3 Å². The van der Waals surface area contributed by atoms with Crippen LogP contribution in [0, 0.1) is 0 Å². The fraction of sp³-hybridized carbons (Fsp3) is 0.923. The van der Waals surface area contributed by atoms with Crippen LogP contribution in [0.1, 0.15) is 122 Å². The first-order chi connectivity index (χ1) is 16.5. The SMILES string of the molecule is CCCC(OC)(OC)OC(=O)CCCCCCCCCOOCCCCCCCCCC(=O)O. The molecule has 0 aromatic carbocycles. The molecular formula is C26H50O8. The van der Waals surface area contributed by atoms with E-state index < -0.39 is 11.9 Å². The fourth-order valence-corrected chi connectivity index (χ4v) is 3.71. The van der Waals surface area contributed by atoms with Gasteiger partial charge in [-0.3, -0.25) is 9.59 Å². The van der Waals surface area contributed by atoms with Crippen LogP contribution < -0.4 is 0 Å². The number of esters is 1. The lowest BCUT2D eigenvalue weighted by Gasteiger charge is -2.29. The van der Waals surface area contributed by atoms with E-state index in [0.29, 0.717) is 26.1 Å². The minimum atomic E-state index is -1.25. The number of ether oxygens (including phenoxy) is 3. The van der Waals surface area contributed by atoms with E-state index in [1.807, 2.05) is 6.92 Å². The molecule has 0 bridgehead atoms. The van der Waals surface area contributed by atoms with Crippen LogP contribution in [0.3, 0.4) is 0 Å². The van der Waals surface area contributed by atoms with Gasteiger partial charge in [0.1, 0.15) is 0 Å². The molecule has 0 aliphatic carbocycles. The zero-order valence-electron chi connectivity index (χ0n) is 21.9. The number of unbranched alkanes of at least 4 members (excludes halogenated alkanes) is 12. The summed E-state index contributed by atoms with van der Waals surface area (Å²) in [5.41, 5.74) is 0. The van der Waals surface area contributed by atoms with Gasteiger partial charge in [-0.15, -0.1) is 0 Å². The molecule has 0 spiro atoms. The van der Waals surface area contributed by atoms with E-state index in [-0.39, 0.29) is 12.4 Å². The number of carbonyl (C=O) groups excluding carboxylic acids is 1. The number of carbonyl (C=O) groups is 2. The molecule has 202 valence electrons. The first kappa shape index (κ1) is 32.8. The summed E-state index contributed by atoms with van der Waals surface area (Å²) in [5, 5.41) is 8.58. The van der Waals surface area contributed by atoms with Crippen LogP contribution in [0.2, 0.25) is 0 Å². The molecule has 0 heterocycles. The van der Waals surface area contributed by atoms with E-state index in [1.165, 1.54) is 14.2 Å². The highest BCUT2D eigenvalue weighted by atomic mass is 17.2. The molecule has 34 heavy (non-hydrogen) atoms. The minimum Gasteiger partial charge on any atom is -0.481 e. The second-order valence-corrected chi connectivity index (χ2v) is 8.80. The Morgan fingerprint density at radius 1 is 0.647 bits per heavy atom. The first-order valence-electron chi connectivity index (χ1n) is 13.3. The minimum absolute atomic E-state index is 0.276. The number of methoxy groups -OCH3 is 2. The van der Waals surface area contributed by atoms with Crippen LogP contribution in [0.5, 0.6) is 0 Å². The largest absolute Gasteiger partial charge is 0.481 e. The van der Waals surface area contributed by atoms with Gasteiger partial charge in [-0.05, 0) is 32.1 Å². The quantitative estimate of drug-likeness (QED) is 0.0479. The number of carboxylic acids is 1. The molecule has 0 saturated heterocycles. The Hall–Kier alpha value is -1.22. The highest BCUT2D eigenvalue weighted by Gasteiger charge is 2.33. The Labute approximate surface area is 206 Å². The van der Waals surface area contributed by atoms with Crippen molar-refractivity contribution in [2.24, 2.45) is 0 Å². The third kappa shape index (κ3) is 20.2. The summed E-state index contributed by atoms with van der Waals surface area (Å²) in [6.45, 7) is 3.25. The third-order valence-corrected chi connectivity index (χ3v) is 5.76. The van der Waals surface area contributed by atoms with Gasteiger partial charge in [0.15, 0.2) is 0 Å². The van der Waals surface area contributed by atoms with Crippen molar-refractivity contribution in [2.45, 2.75) is 128 Å². The number of rotatable bonds is 26. The summed E-state index contributed by atoms with van der Waals surface area (Å²) in [7, 11) is 2.98. The van der Waals surface area contributed by atoms with Crippen molar-refractivity contribution in [2.75, 3.05) is 27.4 Å². The number of hydrogen-bond acceptors (Lipinski definition) is 7. The second-order valence-electron chi connectivity index (χ2n) is 8.80. The second kappa shape index (κ2) is 23.5. The molecule has 0 amide bonds. The predicted molar refractivity (Wildman–Crippen MR) is 131 cm³/mol. The van der Waals surface area contributed by atoms with Crippen LogP contribution in [-0.2, 0) is 33.6 Å². The maximum absolute atomic E-state index is 12.0. The average Bonchev–Trinajstić information content (AvgIpc) is 2.82. The topological polar surface area (TPSA) is 101 Å². The lowest BCUT2D eigenvalue weighted by molar-refractivity contribution is -0.347. The highest BCUT2D eigenvalue weighted by molar-refractivity contribution is 5.69. The van der Waals surface area contributed by atoms with Gasteiger partial charge in [0.05, 0.1) is 13.2 Å². The van der Waals surface area contributed by atoms with E-state index in [2.05, 4.69) is 0 Å². The van der Waals surface area contributed by atoms with Crippen LogP contribution in [0.15, 0.2) is 0 Å². The van der Waals surface area contributed by atoms with Gasteiger partial charge in [-0.1, -0.05) is 71.1 Å². The third-order valence-electron chi connectivity index (χ3n) is 5.76. The summed E-state index contributed by atoms with van der Waals surface area (Å²) in [5.74, 6) is -2.22. The summed E-state index contributed by atoms with van der Waals surface area (Å²) < 4.78 is 15.9. The zero-order chi connectivity index (χ0) is 25.3. The van der Waals surface area contributed by atoms with Crippen molar-refractivity contribution in [3.8, 4) is 0 Å². The highest BCUT2D eigenvalue weighted by Crippen LogP contribution is 2.21. The monoisotopic (exact) mass is 490 g/mol. The van der Waals surface area contributed by atoms with E-state index >= 15 is 0 Å². The first-order valence-corrected chi connectivity index (χ1v) is 13.3. The van der Waals surface area contributed by atoms with Gasteiger partial charge >= 0.3 is 17.9 Å². The average molecular weight is 491 g/mol. The Morgan fingerprint density at radius 3 is 1.47 bits per heavy atom.